The molecule has 0 saturated heterocycles. The molecule has 1 heterocycles. The van der Waals surface area contributed by atoms with Gasteiger partial charge in [0.2, 0.25) is 0 Å². The van der Waals surface area contributed by atoms with Crippen molar-refractivity contribution in [3.63, 3.8) is 0 Å². The van der Waals surface area contributed by atoms with Crippen LogP contribution in [-0.2, 0) is 23.0 Å². The second kappa shape index (κ2) is 11.6. The highest BCUT2D eigenvalue weighted by atomic mass is 127. The van der Waals surface area contributed by atoms with Gasteiger partial charge < -0.3 is 15.4 Å². The molecule has 2 aromatic rings. The molecule has 1 aromatic heterocycles. The molecule has 2 N–H and O–H groups in total. The van der Waals surface area contributed by atoms with Crippen molar-refractivity contribution >= 4 is 51.3 Å². The highest BCUT2D eigenvalue weighted by Gasteiger charge is 2.19. The summed E-state index contributed by atoms with van der Waals surface area (Å²) in [4.78, 5) is 5.12. The van der Waals surface area contributed by atoms with Gasteiger partial charge in [-0.3, -0.25) is 4.99 Å². The quantitative estimate of drug-likeness (QED) is 0.307. The summed E-state index contributed by atoms with van der Waals surface area (Å²) in [6, 6.07) is 11.4. The van der Waals surface area contributed by atoms with E-state index in [4.69, 9.17) is 4.74 Å². The van der Waals surface area contributed by atoms with Crippen molar-refractivity contribution in [1.29, 1.82) is 0 Å². The third-order valence-electron chi connectivity index (χ3n) is 3.89. The molecule has 1 aromatic carbocycles. The minimum absolute atomic E-state index is 0. The Hall–Kier alpha value is -1.37. The SMILES string of the molecule is CN=C(NCCc1ccc(OC)cc1)NCc1ccc(S(=O)(=O)N(C)C)s1.I. The van der Waals surface area contributed by atoms with E-state index in [9.17, 15) is 8.42 Å². The van der Waals surface area contributed by atoms with Gasteiger partial charge in [0.1, 0.15) is 9.96 Å². The maximum absolute atomic E-state index is 12.1. The first-order valence-corrected chi connectivity index (χ1v) is 10.7. The molecule has 7 nitrogen and oxygen atoms in total. The molecule has 156 valence electrons. The van der Waals surface area contributed by atoms with E-state index in [1.54, 1.807) is 20.2 Å². The van der Waals surface area contributed by atoms with Gasteiger partial charge >= 0.3 is 0 Å². The highest BCUT2D eigenvalue weighted by molar-refractivity contribution is 14.0. The van der Waals surface area contributed by atoms with Crippen molar-refractivity contribution in [3.8, 4) is 5.75 Å². The number of methoxy groups -OCH3 is 1. The molecule has 0 aliphatic rings. The van der Waals surface area contributed by atoms with Crippen molar-refractivity contribution in [3.05, 3.63) is 46.8 Å². The van der Waals surface area contributed by atoms with E-state index in [1.807, 2.05) is 30.3 Å². The Bertz CT molecular complexity index is 865. The van der Waals surface area contributed by atoms with Crippen LogP contribution in [-0.4, -0.2) is 53.5 Å². The van der Waals surface area contributed by atoms with Crippen molar-refractivity contribution in [1.82, 2.24) is 14.9 Å². The number of guanidine groups is 1. The number of hydrogen-bond acceptors (Lipinski definition) is 5. The summed E-state index contributed by atoms with van der Waals surface area (Å²) >= 11 is 1.26. The zero-order valence-electron chi connectivity index (χ0n) is 16.4. The molecule has 28 heavy (non-hydrogen) atoms. The summed E-state index contributed by atoms with van der Waals surface area (Å²) < 4.78 is 31.0. The zero-order valence-corrected chi connectivity index (χ0v) is 20.4. The molecular formula is C18H27IN4O3S2. The summed E-state index contributed by atoms with van der Waals surface area (Å²) in [7, 11) is 3.04. The van der Waals surface area contributed by atoms with Crippen molar-refractivity contribution < 1.29 is 13.2 Å². The molecule has 2 rings (SSSR count). The normalized spacial score (nSPS) is 11.8. The van der Waals surface area contributed by atoms with Crippen LogP contribution in [0.25, 0.3) is 0 Å². The summed E-state index contributed by atoms with van der Waals surface area (Å²) in [5, 5.41) is 6.46. The van der Waals surface area contributed by atoms with Gasteiger partial charge in [0.25, 0.3) is 10.0 Å². The van der Waals surface area contributed by atoms with Gasteiger partial charge in [-0.25, -0.2) is 12.7 Å². The van der Waals surface area contributed by atoms with Crippen LogP contribution >= 0.6 is 35.3 Å². The molecule has 0 saturated carbocycles. The molecule has 0 bridgehead atoms. The highest BCUT2D eigenvalue weighted by Crippen LogP contribution is 2.23. The van der Waals surface area contributed by atoms with E-state index in [2.05, 4.69) is 15.6 Å². The number of nitrogens with one attached hydrogen (secondary N) is 2. The Balaban J connectivity index is 0.00000392. The minimum atomic E-state index is -3.38. The molecule has 0 fully saturated rings. The maximum Gasteiger partial charge on any atom is 0.252 e. The van der Waals surface area contributed by atoms with E-state index in [-0.39, 0.29) is 24.0 Å². The predicted octanol–water partition coefficient (Wildman–Crippen LogP) is 2.53. The number of halogens is 1. The number of aliphatic imine (C=N–C) groups is 1. The number of sulfonamides is 1. The van der Waals surface area contributed by atoms with Crippen LogP contribution in [0.2, 0.25) is 0 Å². The predicted molar refractivity (Wildman–Crippen MR) is 126 cm³/mol. The second-order valence-electron chi connectivity index (χ2n) is 5.96. The number of rotatable bonds is 8. The van der Waals surface area contributed by atoms with Crippen LogP contribution in [0, 0.1) is 0 Å². The fraction of sp³-hybridized carbons (Fsp3) is 0.389. The Kier molecular flexibility index (Phi) is 10.2. The Labute approximate surface area is 188 Å². The minimum Gasteiger partial charge on any atom is -0.497 e. The van der Waals surface area contributed by atoms with Gasteiger partial charge in [0.15, 0.2) is 5.96 Å². The van der Waals surface area contributed by atoms with Crippen LogP contribution in [0.5, 0.6) is 5.75 Å². The number of thiophene rings is 1. The number of benzene rings is 1. The van der Waals surface area contributed by atoms with Crippen LogP contribution in [0.1, 0.15) is 10.4 Å². The maximum atomic E-state index is 12.1. The first kappa shape index (κ1) is 24.7. The third kappa shape index (κ3) is 6.90. The number of ether oxygens (including phenoxy) is 1. The second-order valence-corrected chi connectivity index (χ2v) is 9.51. The largest absolute Gasteiger partial charge is 0.497 e. The van der Waals surface area contributed by atoms with Gasteiger partial charge in [-0.15, -0.1) is 35.3 Å². The smallest absolute Gasteiger partial charge is 0.252 e. The lowest BCUT2D eigenvalue weighted by atomic mass is 10.1. The molecule has 0 amide bonds. The molecule has 0 radical (unpaired) electrons. The van der Waals surface area contributed by atoms with Crippen LogP contribution in [0.3, 0.4) is 0 Å². The van der Waals surface area contributed by atoms with Crippen LogP contribution in [0.4, 0.5) is 0 Å². The lowest BCUT2D eigenvalue weighted by Gasteiger charge is -2.11. The van der Waals surface area contributed by atoms with Gasteiger partial charge in [-0.2, -0.15) is 0 Å². The third-order valence-corrected chi connectivity index (χ3v) is 7.26. The van der Waals surface area contributed by atoms with Gasteiger partial charge in [-0.05, 0) is 36.2 Å². The van der Waals surface area contributed by atoms with E-state index < -0.39 is 10.0 Å². The molecule has 0 aliphatic carbocycles. The molecule has 10 heteroatoms. The van der Waals surface area contributed by atoms with Crippen molar-refractivity contribution in [2.24, 2.45) is 4.99 Å². The van der Waals surface area contributed by atoms with E-state index in [0.29, 0.717) is 16.7 Å². The Morgan fingerprint density at radius 1 is 1.14 bits per heavy atom. The Morgan fingerprint density at radius 3 is 2.39 bits per heavy atom. The van der Waals surface area contributed by atoms with Crippen molar-refractivity contribution in [2.75, 3.05) is 34.8 Å². The molecule has 0 atom stereocenters. The molecule has 0 spiro atoms. The fourth-order valence-electron chi connectivity index (χ4n) is 2.28. The monoisotopic (exact) mass is 538 g/mol. The summed E-state index contributed by atoms with van der Waals surface area (Å²) in [6.07, 6.45) is 0.856. The summed E-state index contributed by atoms with van der Waals surface area (Å²) in [5.41, 5.74) is 1.20. The first-order valence-electron chi connectivity index (χ1n) is 8.45. The van der Waals surface area contributed by atoms with Gasteiger partial charge in [-0.1, -0.05) is 12.1 Å². The summed E-state index contributed by atoms with van der Waals surface area (Å²) in [5.74, 6) is 1.52. The Morgan fingerprint density at radius 2 is 1.82 bits per heavy atom. The van der Waals surface area contributed by atoms with Gasteiger partial charge in [0, 0.05) is 32.6 Å². The van der Waals surface area contributed by atoms with E-state index in [1.165, 1.54) is 35.3 Å². The average Bonchev–Trinajstić information content (AvgIpc) is 3.14. The van der Waals surface area contributed by atoms with Crippen molar-refractivity contribution in [2.45, 2.75) is 17.2 Å². The topological polar surface area (TPSA) is 83.0 Å². The van der Waals surface area contributed by atoms with E-state index >= 15 is 0 Å². The van der Waals surface area contributed by atoms with Crippen LogP contribution in [0.15, 0.2) is 45.6 Å². The van der Waals surface area contributed by atoms with Crippen LogP contribution < -0.4 is 15.4 Å². The number of hydrogen-bond donors (Lipinski definition) is 2. The van der Waals surface area contributed by atoms with E-state index in [0.717, 1.165) is 23.6 Å². The number of nitrogens with zero attached hydrogens (tertiary/aromatic N) is 2. The lowest BCUT2D eigenvalue weighted by Crippen LogP contribution is -2.37. The zero-order chi connectivity index (χ0) is 19.9. The van der Waals surface area contributed by atoms with Gasteiger partial charge in [0.05, 0.1) is 13.7 Å². The average molecular weight is 538 g/mol. The summed E-state index contributed by atoms with van der Waals surface area (Å²) in [6.45, 7) is 1.24. The molecule has 0 aliphatic heterocycles. The lowest BCUT2D eigenvalue weighted by molar-refractivity contribution is 0.414. The molecular weight excluding hydrogens is 511 g/mol. The first-order chi connectivity index (χ1) is 12.9. The standard InChI is InChI=1S/C18H26N4O3S2.HI/c1-19-18(20-12-11-14-5-7-15(25-4)8-6-14)21-13-16-9-10-17(26-16)27(23,24)22(2)3;/h5-10H,11-13H2,1-4H3,(H2,19,20,21);1H. The molecule has 0 unspecified atom stereocenters. The fourth-order valence-corrected chi connectivity index (χ4v) is 4.75.